The maximum absolute atomic E-state index is 11.8. The maximum Gasteiger partial charge on any atom is 0.241 e. The Hall–Kier alpha value is -1.82. The van der Waals surface area contributed by atoms with Gasteiger partial charge in [0.15, 0.2) is 0 Å². The Bertz CT molecular complexity index is 429. The van der Waals surface area contributed by atoms with Crippen LogP contribution in [0.2, 0.25) is 0 Å². The van der Waals surface area contributed by atoms with Gasteiger partial charge in [-0.25, -0.2) is 0 Å². The van der Waals surface area contributed by atoms with E-state index in [4.69, 9.17) is 5.26 Å². The SMILES string of the molecule is CCCC(C#N)C(=O)Nc1ccc(C(C)C)cc1. The third kappa shape index (κ3) is 3.89. The topological polar surface area (TPSA) is 52.9 Å². The van der Waals surface area contributed by atoms with E-state index in [1.807, 2.05) is 37.3 Å². The molecule has 0 aliphatic rings. The number of carbonyl (C=O) groups is 1. The molecule has 0 aliphatic carbocycles. The molecule has 1 aromatic rings. The minimum atomic E-state index is -0.556. The summed E-state index contributed by atoms with van der Waals surface area (Å²) >= 11 is 0. The molecule has 0 saturated carbocycles. The van der Waals surface area contributed by atoms with Crippen molar-refractivity contribution in [3.8, 4) is 6.07 Å². The van der Waals surface area contributed by atoms with Crippen molar-refractivity contribution in [2.24, 2.45) is 5.92 Å². The zero-order chi connectivity index (χ0) is 13.5. The predicted molar refractivity (Wildman–Crippen MR) is 73.2 cm³/mol. The number of anilines is 1. The molecule has 0 saturated heterocycles. The van der Waals surface area contributed by atoms with E-state index in [9.17, 15) is 4.79 Å². The van der Waals surface area contributed by atoms with Gasteiger partial charge in [-0.3, -0.25) is 4.79 Å². The van der Waals surface area contributed by atoms with E-state index >= 15 is 0 Å². The minimum absolute atomic E-state index is 0.211. The highest BCUT2D eigenvalue weighted by molar-refractivity contribution is 5.94. The highest BCUT2D eigenvalue weighted by atomic mass is 16.1. The van der Waals surface area contributed by atoms with Crippen molar-refractivity contribution in [2.75, 3.05) is 5.32 Å². The Labute approximate surface area is 109 Å². The number of rotatable bonds is 5. The maximum atomic E-state index is 11.8. The van der Waals surface area contributed by atoms with Gasteiger partial charge in [0, 0.05) is 5.69 Å². The molecule has 1 N–H and O–H groups in total. The fraction of sp³-hybridized carbons (Fsp3) is 0.467. The summed E-state index contributed by atoms with van der Waals surface area (Å²) in [5, 5.41) is 11.7. The van der Waals surface area contributed by atoms with Gasteiger partial charge in [0.1, 0.15) is 5.92 Å². The summed E-state index contributed by atoms with van der Waals surface area (Å²) in [4.78, 5) is 11.8. The molecule has 96 valence electrons. The van der Waals surface area contributed by atoms with Gasteiger partial charge in [0.25, 0.3) is 0 Å². The van der Waals surface area contributed by atoms with Crippen molar-refractivity contribution in [3.05, 3.63) is 29.8 Å². The van der Waals surface area contributed by atoms with Crippen LogP contribution in [0, 0.1) is 17.2 Å². The summed E-state index contributed by atoms with van der Waals surface area (Å²) < 4.78 is 0. The first-order valence-corrected chi connectivity index (χ1v) is 6.39. The van der Waals surface area contributed by atoms with E-state index < -0.39 is 5.92 Å². The number of nitrogens with zero attached hydrogens (tertiary/aromatic N) is 1. The lowest BCUT2D eigenvalue weighted by molar-refractivity contribution is -0.118. The lowest BCUT2D eigenvalue weighted by Crippen LogP contribution is -2.21. The van der Waals surface area contributed by atoms with Crippen LogP contribution in [0.15, 0.2) is 24.3 Å². The van der Waals surface area contributed by atoms with Gasteiger partial charge in [-0.1, -0.05) is 39.3 Å². The van der Waals surface area contributed by atoms with Crippen LogP contribution in [-0.4, -0.2) is 5.91 Å². The molecule has 0 radical (unpaired) electrons. The van der Waals surface area contributed by atoms with Crippen LogP contribution in [0.25, 0.3) is 0 Å². The first-order valence-electron chi connectivity index (χ1n) is 6.39. The number of carbonyl (C=O) groups excluding carboxylic acids is 1. The molecule has 0 fully saturated rings. The fourth-order valence-electron chi connectivity index (χ4n) is 1.72. The molecule has 3 nitrogen and oxygen atoms in total. The molecular formula is C15H20N2O. The van der Waals surface area contributed by atoms with E-state index in [0.717, 1.165) is 12.1 Å². The van der Waals surface area contributed by atoms with Gasteiger partial charge in [0.05, 0.1) is 6.07 Å². The largest absolute Gasteiger partial charge is 0.325 e. The standard InChI is InChI=1S/C15H20N2O/c1-4-5-13(10-16)15(18)17-14-8-6-12(7-9-14)11(2)3/h6-9,11,13H,4-5H2,1-3H3,(H,17,18). The summed E-state index contributed by atoms with van der Waals surface area (Å²) in [7, 11) is 0. The van der Waals surface area contributed by atoms with E-state index in [1.165, 1.54) is 5.56 Å². The van der Waals surface area contributed by atoms with E-state index in [-0.39, 0.29) is 5.91 Å². The van der Waals surface area contributed by atoms with Crippen molar-refractivity contribution in [2.45, 2.75) is 39.5 Å². The molecular weight excluding hydrogens is 224 g/mol. The Morgan fingerprint density at radius 3 is 2.39 bits per heavy atom. The number of benzene rings is 1. The smallest absolute Gasteiger partial charge is 0.241 e. The lowest BCUT2D eigenvalue weighted by Gasteiger charge is -2.10. The normalized spacial score (nSPS) is 11.9. The monoisotopic (exact) mass is 244 g/mol. The molecule has 1 unspecified atom stereocenters. The van der Waals surface area contributed by atoms with Crippen LogP contribution in [0.3, 0.4) is 0 Å². The molecule has 0 bridgehead atoms. The van der Waals surface area contributed by atoms with Gasteiger partial charge in [-0.15, -0.1) is 0 Å². The first-order chi connectivity index (χ1) is 8.58. The van der Waals surface area contributed by atoms with Crippen LogP contribution in [0.5, 0.6) is 0 Å². The molecule has 1 rings (SSSR count). The number of nitriles is 1. The van der Waals surface area contributed by atoms with Crippen LogP contribution in [0.4, 0.5) is 5.69 Å². The Kier molecular flexibility index (Phi) is 5.38. The van der Waals surface area contributed by atoms with Gasteiger partial charge in [0.2, 0.25) is 5.91 Å². The van der Waals surface area contributed by atoms with Crippen molar-refractivity contribution in [3.63, 3.8) is 0 Å². The molecule has 0 aromatic heterocycles. The van der Waals surface area contributed by atoms with E-state index in [2.05, 4.69) is 19.2 Å². The predicted octanol–water partition coefficient (Wildman–Crippen LogP) is 3.69. The highest BCUT2D eigenvalue weighted by Crippen LogP contribution is 2.18. The zero-order valence-electron chi connectivity index (χ0n) is 11.2. The number of hydrogen-bond acceptors (Lipinski definition) is 2. The Balaban J connectivity index is 2.67. The second kappa shape index (κ2) is 6.80. The quantitative estimate of drug-likeness (QED) is 0.858. The third-order valence-electron chi connectivity index (χ3n) is 2.89. The molecule has 0 heterocycles. The summed E-state index contributed by atoms with van der Waals surface area (Å²) in [6, 6.07) is 9.81. The number of nitrogens with one attached hydrogen (secondary N) is 1. The number of amides is 1. The van der Waals surface area contributed by atoms with Crippen LogP contribution in [-0.2, 0) is 4.79 Å². The third-order valence-corrected chi connectivity index (χ3v) is 2.89. The number of hydrogen-bond donors (Lipinski definition) is 1. The summed E-state index contributed by atoms with van der Waals surface area (Å²) in [6.07, 6.45) is 1.43. The molecule has 3 heteroatoms. The van der Waals surface area contributed by atoms with Gasteiger partial charge in [-0.2, -0.15) is 5.26 Å². The Morgan fingerprint density at radius 2 is 1.94 bits per heavy atom. The molecule has 0 aliphatic heterocycles. The average Bonchev–Trinajstić information content (AvgIpc) is 2.36. The van der Waals surface area contributed by atoms with Crippen molar-refractivity contribution >= 4 is 11.6 Å². The van der Waals surface area contributed by atoms with Gasteiger partial charge >= 0.3 is 0 Å². The van der Waals surface area contributed by atoms with Crippen LogP contribution in [0.1, 0.15) is 45.1 Å². The molecule has 18 heavy (non-hydrogen) atoms. The van der Waals surface area contributed by atoms with E-state index in [1.54, 1.807) is 0 Å². The zero-order valence-corrected chi connectivity index (χ0v) is 11.2. The Morgan fingerprint density at radius 1 is 1.33 bits per heavy atom. The average molecular weight is 244 g/mol. The second-order valence-electron chi connectivity index (χ2n) is 4.74. The summed E-state index contributed by atoms with van der Waals surface area (Å²) in [5.74, 6) is -0.293. The lowest BCUT2D eigenvalue weighted by atomic mass is 10.0. The summed E-state index contributed by atoms with van der Waals surface area (Å²) in [5.41, 5.74) is 1.99. The van der Waals surface area contributed by atoms with E-state index in [0.29, 0.717) is 12.3 Å². The first kappa shape index (κ1) is 14.2. The van der Waals surface area contributed by atoms with Crippen molar-refractivity contribution in [1.29, 1.82) is 5.26 Å². The van der Waals surface area contributed by atoms with Crippen molar-refractivity contribution < 1.29 is 4.79 Å². The fourth-order valence-corrected chi connectivity index (χ4v) is 1.72. The van der Waals surface area contributed by atoms with Crippen LogP contribution < -0.4 is 5.32 Å². The second-order valence-corrected chi connectivity index (χ2v) is 4.74. The molecule has 0 spiro atoms. The molecule has 1 amide bonds. The van der Waals surface area contributed by atoms with Crippen molar-refractivity contribution in [1.82, 2.24) is 0 Å². The van der Waals surface area contributed by atoms with Crippen LogP contribution >= 0.6 is 0 Å². The summed E-state index contributed by atoms with van der Waals surface area (Å²) in [6.45, 7) is 6.22. The minimum Gasteiger partial charge on any atom is -0.325 e. The van der Waals surface area contributed by atoms with Gasteiger partial charge in [-0.05, 0) is 30.0 Å². The highest BCUT2D eigenvalue weighted by Gasteiger charge is 2.16. The van der Waals surface area contributed by atoms with Gasteiger partial charge < -0.3 is 5.32 Å². The molecule has 1 aromatic carbocycles. The molecule has 1 atom stereocenters.